The fourth-order valence-corrected chi connectivity index (χ4v) is 5.30. The van der Waals surface area contributed by atoms with Gasteiger partial charge in [0, 0.05) is 16.7 Å². The quantitative estimate of drug-likeness (QED) is 0.227. The van der Waals surface area contributed by atoms with E-state index in [9.17, 15) is 4.79 Å². The van der Waals surface area contributed by atoms with Crippen LogP contribution in [0.5, 0.6) is 0 Å². The van der Waals surface area contributed by atoms with Crippen LogP contribution in [0.3, 0.4) is 0 Å². The Hall–Kier alpha value is -3.52. The maximum atomic E-state index is 12.5. The van der Waals surface area contributed by atoms with Crippen LogP contribution in [0.15, 0.2) is 84.9 Å². The molecule has 0 unspecified atom stereocenters. The van der Waals surface area contributed by atoms with Gasteiger partial charge < -0.3 is 0 Å². The van der Waals surface area contributed by atoms with E-state index in [0.717, 1.165) is 59.8 Å². The first-order valence-electron chi connectivity index (χ1n) is 12.1. The number of ketones is 1. The molecular weight excluding hydrogens is 411 g/mol. The average molecular weight is 439 g/mol. The maximum Gasteiger partial charge on any atom is 0.194 e. The largest absolute Gasteiger partial charge is 0.289 e. The highest BCUT2D eigenvalue weighted by Crippen LogP contribution is 2.30. The van der Waals surface area contributed by atoms with E-state index in [1.165, 1.54) is 27.8 Å². The summed E-state index contributed by atoms with van der Waals surface area (Å²) in [6, 6.07) is 29.3. The smallest absolute Gasteiger partial charge is 0.194 e. The number of hydrogen-bond acceptors (Lipinski definition) is 1. The molecule has 0 amide bonds. The van der Waals surface area contributed by atoms with Gasteiger partial charge in [-0.3, -0.25) is 4.79 Å². The second-order valence-electron chi connectivity index (χ2n) is 9.08. The van der Waals surface area contributed by atoms with E-state index in [4.69, 9.17) is 7.85 Å². The molecule has 0 fully saturated rings. The van der Waals surface area contributed by atoms with E-state index in [1.807, 2.05) is 42.5 Å². The van der Waals surface area contributed by atoms with Crippen LogP contribution in [0, 0.1) is 6.92 Å². The summed E-state index contributed by atoms with van der Waals surface area (Å²) in [5, 5.41) is 0. The third-order valence-corrected chi connectivity index (χ3v) is 7.03. The number of fused-ring (bicyclic) bond motifs is 4. The Kier molecular flexibility index (Phi) is 6.40. The summed E-state index contributed by atoms with van der Waals surface area (Å²) in [7, 11) is 5.69. The van der Waals surface area contributed by atoms with Crippen molar-refractivity contribution in [3.8, 4) is 0 Å². The molecular formula is C32H28BO+. The summed E-state index contributed by atoms with van der Waals surface area (Å²) in [6.07, 6.45) is 5.39. The minimum Gasteiger partial charge on any atom is -0.289 e. The van der Waals surface area contributed by atoms with Gasteiger partial charge in [-0.15, -0.1) is 0 Å². The molecule has 2 radical (unpaired) electrons. The number of hydrogen-bond donors (Lipinski definition) is 0. The van der Waals surface area contributed by atoms with Gasteiger partial charge in [0.1, 0.15) is 6.42 Å². The minimum absolute atomic E-state index is 0.154. The lowest BCUT2D eigenvalue weighted by Gasteiger charge is -2.22. The highest BCUT2D eigenvalue weighted by atomic mass is 16.1. The van der Waals surface area contributed by atoms with Crippen molar-refractivity contribution in [3.05, 3.63) is 147 Å². The standard InChI is InChI=1S/C16H15B.C16H13O/c17-9-8-12-6-3-7-15-10-13-4-1-2-5-14(13)11-16(12)15;1-2-11-7-5-8-13-10-12-6-3-4-9-14(12)16(17)15(11)13/h1-7H,8-11H2;3-9H,1-2,10H2/q;+1. The molecule has 2 aliphatic carbocycles. The molecule has 2 aliphatic rings. The number of benzene rings is 4. The molecule has 0 aromatic heterocycles. The van der Waals surface area contributed by atoms with Gasteiger partial charge in [-0.05, 0) is 64.6 Å². The predicted molar refractivity (Wildman–Crippen MR) is 141 cm³/mol. The van der Waals surface area contributed by atoms with Gasteiger partial charge >= 0.3 is 0 Å². The van der Waals surface area contributed by atoms with Crippen molar-refractivity contribution in [2.24, 2.45) is 0 Å². The Morgan fingerprint density at radius 3 is 1.97 bits per heavy atom. The van der Waals surface area contributed by atoms with Crippen LogP contribution in [-0.4, -0.2) is 13.6 Å². The third-order valence-electron chi connectivity index (χ3n) is 7.03. The van der Waals surface area contributed by atoms with Crippen molar-refractivity contribution in [2.45, 2.75) is 38.4 Å². The van der Waals surface area contributed by atoms with Crippen LogP contribution in [0.1, 0.15) is 60.4 Å². The number of rotatable bonds is 3. The van der Waals surface area contributed by atoms with Gasteiger partial charge in [0.15, 0.2) is 5.78 Å². The zero-order valence-corrected chi connectivity index (χ0v) is 19.5. The zero-order chi connectivity index (χ0) is 23.5. The van der Waals surface area contributed by atoms with E-state index in [2.05, 4.69) is 49.4 Å². The van der Waals surface area contributed by atoms with Crippen LogP contribution >= 0.6 is 0 Å². The van der Waals surface area contributed by atoms with Crippen molar-refractivity contribution in [3.63, 3.8) is 0 Å². The topological polar surface area (TPSA) is 17.1 Å². The zero-order valence-electron chi connectivity index (χ0n) is 19.5. The van der Waals surface area contributed by atoms with E-state index in [0.29, 0.717) is 6.42 Å². The molecule has 2 heteroatoms. The van der Waals surface area contributed by atoms with Crippen LogP contribution in [0.25, 0.3) is 0 Å². The van der Waals surface area contributed by atoms with Gasteiger partial charge in [0.2, 0.25) is 0 Å². The van der Waals surface area contributed by atoms with E-state index in [1.54, 1.807) is 0 Å². The molecule has 0 saturated carbocycles. The minimum atomic E-state index is 0.154. The summed E-state index contributed by atoms with van der Waals surface area (Å²) in [5.41, 5.74) is 12.4. The van der Waals surface area contributed by atoms with Gasteiger partial charge in [-0.1, -0.05) is 91.2 Å². The Morgan fingerprint density at radius 2 is 1.24 bits per heavy atom. The van der Waals surface area contributed by atoms with Crippen molar-refractivity contribution in [2.75, 3.05) is 0 Å². The van der Waals surface area contributed by atoms with Gasteiger partial charge in [-0.25, -0.2) is 0 Å². The Morgan fingerprint density at radius 1 is 0.647 bits per heavy atom. The fourth-order valence-electron chi connectivity index (χ4n) is 5.30. The molecule has 6 rings (SSSR count). The van der Waals surface area contributed by atoms with E-state index < -0.39 is 0 Å². The first kappa shape index (κ1) is 22.3. The molecule has 4 aromatic rings. The van der Waals surface area contributed by atoms with Gasteiger partial charge in [0.05, 0.1) is 14.8 Å². The van der Waals surface area contributed by atoms with Crippen molar-refractivity contribution in [1.82, 2.24) is 0 Å². The molecule has 0 heterocycles. The summed E-state index contributed by atoms with van der Waals surface area (Å²) in [4.78, 5) is 12.5. The van der Waals surface area contributed by atoms with Crippen LogP contribution in [-0.2, 0) is 32.1 Å². The normalized spacial score (nSPS) is 13.0. The molecule has 4 aromatic carbocycles. The third kappa shape index (κ3) is 4.21. The fraction of sp³-hybridized carbons (Fsp3) is 0.188. The first-order valence-corrected chi connectivity index (χ1v) is 12.1. The first-order chi connectivity index (χ1) is 16.7. The lowest BCUT2D eigenvalue weighted by atomic mass is 9.82. The molecule has 1 nitrogen and oxygen atoms in total. The van der Waals surface area contributed by atoms with Gasteiger partial charge in [-0.2, -0.15) is 0 Å². The lowest BCUT2D eigenvalue weighted by Crippen LogP contribution is -2.17. The number of carbonyl (C=O) groups is 1. The van der Waals surface area contributed by atoms with Gasteiger partial charge in [0.25, 0.3) is 0 Å². The molecule has 0 N–H and O–H groups in total. The molecule has 0 atom stereocenters. The highest BCUT2D eigenvalue weighted by molar-refractivity contribution is 6.13. The Bertz CT molecular complexity index is 1350. The molecule has 0 saturated heterocycles. The van der Waals surface area contributed by atoms with Crippen LogP contribution in [0.2, 0.25) is 6.32 Å². The Balaban J connectivity index is 0.000000142. The number of aryl methyl sites for hydroxylation is 1. The Labute approximate surface area is 204 Å². The summed E-state index contributed by atoms with van der Waals surface area (Å²) in [5.74, 6) is 0.154. The van der Waals surface area contributed by atoms with Crippen molar-refractivity contribution >= 4 is 13.6 Å². The molecule has 34 heavy (non-hydrogen) atoms. The van der Waals surface area contributed by atoms with Crippen LogP contribution < -0.4 is 0 Å². The predicted octanol–water partition coefficient (Wildman–Crippen LogP) is 6.51. The second kappa shape index (κ2) is 9.77. The van der Waals surface area contributed by atoms with E-state index >= 15 is 0 Å². The lowest BCUT2D eigenvalue weighted by molar-refractivity contribution is 0.103. The summed E-state index contributed by atoms with van der Waals surface area (Å²) in [6.45, 7) is 3.90. The maximum absolute atomic E-state index is 12.5. The molecule has 0 aliphatic heterocycles. The molecule has 0 spiro atoms. The molecule has 0 bridgehead atoms. The number of carbonyl (C=O) groups excluding carboxylic acids is 1. The second-order valence-corrected chi connectivity index (χ2v) is 9.08. The average Bonchev–Trinajstić information content (AvgIpc) is 2.88. The monoisotopic (exact) mass is 439 g/mol. The van der Waals surface area contributed by atoms with E-state index in [-0.39, 0.29) is 5.78 Å². The summed E-state index contributed by atoms with van der Waals surface area (Å²) < 4.78 is 0. The highest BCUT2D eigenvalue weighted by Gasteiger charge is 2.25. The van der Waals surface area contributed by atoms with Crippen molar-refractivity contribution < 1.29 is 4.79 Å². The SMILES string of the molecule is [B]CCc1cccc2c1Cc1ccccc1C2.[CH2+]Cc1cccc2c1C(=O)c1ccccc1C2. The van der Waals surface area contributed by atoms with Crippen molar-refractivity contribution in [1.29, 1.82) is 0 Å². The van der Waals surface area contributed by atoms with Crippen LogP contribution in [0.4, 0.5) is 0 Å². The summed E-state index contributed by atoms with van der Waals surface area (Å²) >= 11 is 0. The molecule has 164 valence electrons.